The lowest BCUT2D eigenvalue weighted by atomic mass is 10.2. The van der Waals surface area contributed by atoms with E-state index < -0.39 is 0 Å². The minimum Gasteiger partial charge on any atom is -0.302 e. The number of aromatic nitrogens is 3. The van der Waals surface area contributed by atoms with E-state index >= 15 is 0 Å². The summed E-state index contributed by atoms with van der Waals surface area (Å²) in [5, 5.41) is 1.13. The van der Waals surface area contributed by atoms with E-state index in [4.69, 9.17) is 12.2 Å². The highest BCUT2D eigenvalue weighted by atomic mass is 32.1. The van der Waals surface area contributed by atoms with Crippen molar-refractivity contribution in [1.29, 1.82) is 0 Å². The monoisotopic (exact) mass is 275 g/mol. The predicted molar refractivity (Wildman–Crippen MR) is 75.7 cm³/mol. The highest BCUT2D eigenvalue weighted by Crippen LogP contribution is 2.24. The van der Waals surface area contributed by atoms with Crippen LogP contribution in [0.2, 0.25) is 0 Å². The molecule has 0 aromatic rings. The number of hydrogen-bond donors (Lipinski definition) is 0. The normalized spacial score (nSPS) is 11.4. The van der Waals surface area contributed by atoms with Gasteiger partial charge in [-0.1, -0.05) is 30.7 Å². The molecule has 0 amide bonds. The number of fused-ring (bicyclic) bond motifs is 2. The summed E-state index contributed by atoms with van der Waals surface area (Å²) in [5.41, 5.74) is 3.18. The molecule has 0 saturated carbocycles. The van der Waals surface area contributed by atoms with Crippen molar-refractivity contribution in [3.8, 4) is 11.4 Å². The second-order valence-corrected chi connectivity index (χ2v) is 5.61. The first-order valence-corrected chi connectivity index (χ1v) is 7.20. The Balaban J connectivity index is 2.54. The van der Waals surface area contributed by atoms with Crippen LogP contribution in [-0.2, 0) is 13.0 Å². The van der Waals surface area contributed by atoms with E-state index in [1.807, 2.05) is 6.07 Å². The minimum atomic E-state index is 0.868. The Morgan fingerprint density at radius 1 is 1.28 bits per heavy atom. The third kappa shape index (κ3) is 1.66. The van der Waals surface area contributed by atoms with E-state index in [0.29, 0.717) is 0 Å². The number of imidazole rings is 1. The van der Waals surface area contributed by atoms with Crippen molar-refractivity contribution in [2.24, 2.45) is 0 Å². The van der Waals surface area contributed by atoms with Crippen LogP contribution >= 0.6 is 23.8 Å². The fourth-order valence-electron chi connectivity index (χ4n) is 2.18. The van der Waals surface area contributed by atoms with E-state index in [-0.39, 0.29) is 0 Å². The Bertz CT molecular complexity index is 787. The van der Waals surface area contributed by atoms with E-state index in [9.17, 15) is 0 Å². The molecule has 18 heavy (non-hydrogen) atoms. The van der Waals surface area contributed by atoms with E-state index in [2.05, 4.69) is 33.8 Å². The highest BCUT2D eigenvalue weighted by molar-refractivity contribution is 7.71. The van der Waals surface area contributed by atoms with Gasteiger partial charge in [0.2, 0.25) is 0 Å². The minimum absolute atomic E-state index is 0.868. The van der Waals surface area contributed by atoms with Gasteiger partial charge < -0.3 is 3.96 Å². The number of aryl methyl sites for hydroxylation is 2. The molecular formula is C13H13N3S2. The van der Waals surface area contributed by atoms with Gasteiger partial charge in [-0.15, -0.1) is 0 Å². The van der Waals surface area contributed by atoms with Crippen LogP contribution in [0.15, 0.2) is 18.5 Å². The Hall–Kier alpha value is -1.33. The van der Waals surface area contributed by atoms with E-state index in [0.717, 1.165) is 38.6 Å². The lowest BCUT2D eigenvalue weighted by molar-refractivity contribution is 0.772. The summed E-state index contributed by atoms with van der Waals surface area (Å²) in [5.74, 6) is 0. The zero-order valence-corrected chi connectivity index (χ0v) is 11.9. The quantitative estimate of drug-likeness (QED) is 0.671. The topological polar surface area (TPSA) is 30.7 Å². The first-order valence-electron chi connectivity index (χ1n) is 6.02. The summed E-state index contributed by atoms with van der Waals surface area (Å²) in [6, 6.07) is 4.15. The number of rotatable bonds is 2. The molecule has 92 valence electrons. The zero-order valence-electron chi connectivity index (χ0n) is 10.3. The molecule has 0 unspecified atom stereocenters. The van der Waals surface area contributed by atoms with Gasteiger partial charge >= 0.3 is 0 Å². The summed E-state index contributed by atoms with van der Waals surface area (Å²) < 4.78 is 4.31. The predicted octanol–water partition coefficient (Wildman–Crippen LogP) is 3.48. The van der Waals surface area contributed by atoms with Crippen molar-refractivity contribution in [2.45, 2.75) is 26.8 Å². The summed E-state index contributed by atoms with van der Waals surface area (Å²) in [7, 11) is 0. The van der Waals surface area contributed by atoms with Crippen molar-refractivity contribution in [2.75, 3.05) is 0 Å². The number of nitrogens with zero attached hydrogens (tertiary/aromatic N) is 3. The first kappa shape index (κ1) is 11.7. The molecule has 0 saturated heterocycles. The van der Waals surface area contributed by atoms with Crippen LogP contribution in [-0.4, -0.2) is 13.9 Å². The molecule has 5 heteroatoms. The number of hydrogen-bond acceptors (Lipinski definition) is 4. The molecule has 3 nitrogen and oxygen atoms in total. The van der Waals surface area contributed by atoms with Crippen molar-refractivity contribution < 1.29 is 0 Å². The maximum absolute atomic E-state index is 5.46. The van der Waals surface area contributed by atoms with E-state index in [1.165, 1.54) is 5.69 Å². The molecule has 0 aromatic heterocycles. The molecule has 2 heterocycles. The average Bonchev–Trinajstić information content (AvgIpc) is 2.85. The van der Waals surface area contributed by atoms with Gasteiger partial charge in [0.15, 0.2) is 0 Å². The Kier molecular flexibility index (Phi) is 2.87. The zero-order chi connectivity index (χ0) is 12.7. The van der Waals surface area contributed by atoms with Crippen LogP contribution < -0.4 is 0 Å². The SMILES string of the molecule is CCc1cc2c(=S)cc3ncnc-3c=2sn1CC. The lowest BCUT2D eigenvalue weighted by Crippen LogP contribution is -2.02. The van der Waals surface area contributed by atoms with Crippen LogP contribution in [0, 0.1) is 14.3 Å². The molecule has 0 radical (unpaired) electrons. The van der Waals surface area contributed by atoms with E-state index in [1.54, 1.807) is 17.9 Å². The first-order chi connectivity index (χ1) is 8.74. The standard InChI is InChI=1S/C13H13N3S2/c1-3-8-5-9-11(17)6-10-12(15-7-14-10)13(9)18-16(8)4-2/h5-7H,3-4H2,1-2H3. The van der Waals surface area contributed by atoms with Crippen LogP contribution in [0.1, 0.15) is 19.5 Å². The third-order valence-electron chi connectivity index (χ3n) is 3.10. The van der Waals surface area contributed by atoms with Crippen molar-refractivity contribution >= 4 is 23.8 Å². The molecular weight excluding hydrogens is 262 g/mol. The molecule has 3 rings (SSSR count). The van der Waals surface area contributed by atoms with Gasteiger partial charge in [-0.3, -0.25) is 0 Å². The Morgan fingerprint density at radius 3 is 2.83 bits per heavy atom. The highest BCUT2D eigenvalue weighted by Gasteiger charge is 2.11. The fourth-order valence-corrected chi connectivity index (χ4v) is 3.68. The summed E-state index contributed by atoms with van der Waals surface area (Å²) in [6.07, 6.45) is 2.62. The molecule has 0 bridgehead atoms. The molecule has 2 aliphatic heterocycles. The molecule has 0 N–H and O–H groups in total. The maximum Gasteiger partial charge on any atom is 0.116 e. The molecule has 1 aliphatic carbocycles. The summed E-state index contributed by atoms with van der Waals surface area (Å²) in [6.45, 7) is 5.30. The van der Waals surface area contributed by atoms with Gasteiger partial charge in [0.05, 0.1) is 10.2 Å². The van der Waals surface area contributed by atoms with Gasteiger partial charge in [-0.25, -0.2) is 9.97 Å². The van der Waals surface area contributed by atoms with Gasteiger partial charge in [-0.2, -0.15) is 0 Å². The van der Waals surface area contributed by atoms with Crippen LogP contribution in [0.4, 0.5) is 0 Å². The lowest BCUT2D eigenvalue weighted by Gasteiger charge is -2.10. The van der Waals surface area contributed by atoms with Gasteiger partial charge in [0.1, 0.15) is 12.0 Å². The van der Waals surface area contributed by atoms with Crippen LogP contribution in [0.3, 0.4) is 0 Å². The van der Waals surface area contributed by atoms with Gasteiger partial charge in [-0.05, 0) is 25.5 Å². The van der Waals surface area contributed by atoms with Gasteiger partial charge in [0, 0.05) is 22.0 Å². The van der Waals surface area contributed by atoms with Crippen molar-refractivity contribution in [3.63, 3.8) is 0 Å². The summed E-state index contributed by atoms with van der Waals surface area (Å²) >= 11 is 7.20. The van der Waals surface area contributed by atoms with Crippen molar-refractivity contribution in [1.82, 2.24) is 13.9 Å². The third-order valence-corrected chi connectivity index (χ3v) is 4.75. The summed E-state index contributed by atoms with van der Waals surface area (Å²) in [4.78, 5) is 8.61. The molecule has 0 spiro atoms. The van der Waals surface area contributed by atoms with Gasteiger partial charge in [0.25, 0.3) is 0 Å². The molecule has 3 aliphatic rings. The molecule has 0 fully saturated rings. The maximum atomic E-state index is 5.46. The molecule has 0 atom stereocenters. The Labute approximate surface area is 114 Å². The molecule has 0 aromatic carbocycles. The second-order valence-electron chi connectivity index (χ2n) is 4.13. The second kappa shape index (κ2) is 4.40. The van der Waals surface area contributed by atoms with Crippen LogP contribution in [0.25, 0.3) is 11.4 Å². The van der Waals surface area contributed by atoms with Crippen molar-refractivity contribution in [3.05, 3.63) is 38.4 Å². The smallest absolute Gasteiger partial charge is 0.116 e. The largest absolute Gasteiger partial charge is 0.302 e. The fraction of sp³-hybridized carbons (Fsp3) is 0.308. The average molecular weight is 275 g/mol. The van der Waals surface area contributed by atoms with Crippen LogP contribution in [0.5, 0.6) is 0 Å². The Morgan fingerprint density at radius 2 is 2.11 bits per heavy atom.